The van der Waals surface area contributed by atoms with Gasteiger partial charge in [-0.2, -0.15) is 0 Å². The lowest BCUT2D eigenvalue weighted by molar-refractivity contribution is 0.743. The number of nitrogens with one attached hydrogen (secondary N) is 1. The molecule has 0 radical (unpaired) electrons. The van der Waals surface area contributed by atoms with Crippen LogP contribution in [0.2, 0.25) is 0 Å². The number of hydrogen-bond acceptors (Lipinski definition) is 3. The van der Waals surface area contributed by atoms with E-state index in [1.165, 1.54) is 36.8 Å². The van der Waals surface area contributed by atoms with Gasteiger partial charge < -0.3 is 5.32 Å². The van der Waals surface area contributed by atoms with Crippen LogP contribution in [0.25, 0.3) is 11.1 Å². The van der Waals surface area contributed by atoms with Crippen molar-refractivity contribution in [3.63, 3.8) is 0 Å². The summed E-state index contributed by atoms with van der Waals surface area (Å²) in [4.78, 5) is 8.33. The van der Waals surface area contributed by atoms with Crippen molar-refractivity contribution in [3.05, 3.63) is 42.2 Å². The fourth-order valence-electron chi connectivity index (χ4n) is 2.44. The minimum atomic E-state index is 0.531. The summed E-state index contributed by atoms with van der Waals surface area (Å²) in [6.45, 7) is 0. The van der Waals surface area contributed by atoms with Gasteiger partial charge in [-0.25, -0.2) is 9.97 Å². The lowest BCUT2D eigenvalue weighted by Crippen LogP contribution is -2.16. The Morgan fingerprint density at radius 1 is 1.15 bits per heavy atom. The molecule has 0 atom stereocenters. The summed E-state index contributed by atoms with van der Waals surface area (Å²) in [6, 6.07) is 10.7. The van der Waals surface area contributed by atoms with Crippen molar-refractivity contribution < 1.29 is 0 Å². The van der Waals surface area contributed by atoms with Gasteiger partial charge in [-0.05, 0) is 36.1 Å². The Balaban J connectivity index is 0.000000165. The van der Waals surface area contributed by atoms with E-state index in [-0.39, 0.29) is 0 Å². The maximum Gasteiger partial charge on any atom is 0.224 e. The quantitative estimate of drug-likeness (QED) is 0.719. The average Bonchev–Trinajstić information content (AvgIpc) is 2.90. The zero-order chi connectivity index (χ0) is 13.8. The molecule has 1 heterocycles. The van der Waals surface area contributed by atoms with E-state index in [4.69, 9.17) is 6.42 Å². The molecule has 0 amide bonds. The summed E-state index contributed by atoms with van der Waals surface area (Å²) in [7, 11) is 0. The number of anilines is 1. The molecule has 1 aromatic heterocycles. The van der Waals surface area contributed by atoms with Gasteiger partial charge in [0.25, 0.3) is 0 Å². The number of hydrogen-bond donors (Lipinski definition) is 1. The molecule has 3 aliphatic rings. The Morgan fingerprint density at radius 2 is 1.90 bits per heavy atom. The lowest BCUT2D eigenvalue weighted by Gasteiger charge is -2.10. The van der Waals surface area contributed by atoms with Gasteiger partial charge in [0.05, 0.1) is 0 Å². The summed E-state index contributed by atoms with van der Waals surface area (Å²) in [6.07, 6.45) is 12.0. The Bertz CT molecular complexity index is 619. The first-order chi connectivity index (χ1) is 9.85. The average molecular weight is 263 g/mol. The zero-order valence-electron chi connectivity index (χ0n) is 11.3. The standard InChI is InChI=1S/C11H13N3.C6H4/c1-2-9-7-8-12-11(13-9)14-10-5-3-4-6-10;1-2-5-4-6(5)3-1/h1,7-8,10H,3-6H2,(H,12,13,14);1-4H. The van der Waals surface area contributed by atoms with Crippen molar-refractivity contribution in [2.45, 2.75) is 31.7 Å². The van der Waals surface area contributed by atoms with E-state index in [1.807, 2.05) is 0 Å². The second-order valence-electron chi connectivity index (χ2n) is 5.12. The fourth-order valence-corrected chi connectivity index (χ4v) is 2.44. The van der Waals surface area contributed by atoms with Gasteiger partial charge in [0.1, 0.15) is 5.69 Å². The SMILES string of the molecule is C#Cc1ccnc(NC2CCCC2)n1.c1cc2cc-2c1. The minimum Gasteiger partial charge on any atom is -0.351 e. The van der Waals surface area contributed by atoms with Crippen molar-refractivity contribution in [2.24, 2.45) is 0 Å². The minimum absolute atomic E-state index is 0.531. The summed E-state index contributed by atoms with van der Waals surface area (Å²) >= 11 is 0. The van der Waals surface area contributed by atoms with Crippen molar-refractivity contribution >= 4 is 5.95 Å². The highest BCUT2D eigenvalue weighted by Crippen LogP contribution is 2.32. The molecule has 0 aliphatic heterocycles. The largest absolute Gasteiger partial charge is 0.351 e. The smallest absolute Gasteiger partial charge is 0.224 e. The van der Waals surface area contributed by atoms with E-state index >= 15 is 0 Å². The van der Waals surface area contributed by atoms with Gasteiger partial charge in [0, 0.05) is 12.2 Å². The van der Waals surface area contributed by atoms with E-state index in [1.54, 1.807) is 12.3 Å². The van der Waals surface area contributed by atoms with Crippen LogP contribution in [0.3, 0.4) is 0 Å². The number of benzene rings is 1. The summed E-state index contributed by atoms with van der Waals surface area (Å²) in [5, 5.41) is 3.30. The molecule has 1 saturated carbocycles. The molecule has 1 fully saturated rings. The molecule has 0 saturated heterocycles. The molecule has 1 aromatic rings. The molecule has 4 rings (SSSR count). The van der Waals surface area contributed by atoms with Crippen LogP contribution < -0.4 is 5.32 Å². The molecule has 100 valence electrons. The van der Waals surface area contributed by atoms with Crippen LogP contribution in [0.5, 0.6) is 0 Å². The van der Waals surface area contributed by atoms with Gasteiger partial charge in [-0.3, -0.25) is 0 Å². The number of terminal acetylenes is 1. The van der Waals surface area contributed by atoms with Crippen LogP contribution in [0.15, 0.2) is 36.5 Å². The van der Waals surface area contributed by atoms with Gasteiger partial charge in [0.2, 0.25) is 5.95 Å². The Kier molecular flexibility index (Phi) is 3.64. The third-order valence-electron chi connectivity index (χ3n) is 3.60. The number of aromatic nitrogens is 2. The maximum absolute atomic E-state index is 5.26. The zero-order valence-corrected chi connectivity index (χ0v) is 11.3. The Labute approximate surface area is 119 Å². The first-order valence-electron chi connectivity index (χ1n) is 7.02. The third-order valence-corrected chi connectivity index (χ3v) is 3.60. The Hall–Kier alpha value is -2.34. The van der Waals surface area contributed by atoms with Gasteiger partial charge in [0.15, 0.2) is 0 Å². The normalized spacial score (nSPS) is 14.9. The number of rotatable bonds is 2. The molecular weight excluding hydrogens is 246 g/mol. The molecule has 3 aliphatic carbocycles. The fraction of sp³-hybridized carbons (Fsp3) is 0.294. The Morgan fingerprint density at radius 3 is 2.45 bits per heavy atom. The van der Waals surface area contributed by atoms with Crippen LogP contribution in [0.1, 0.15) is 31.4 Å². The topological polar surface area (TPSA) is 37.8 Å². The van der Waals surface area contributed by atoms with Crippen LogP contribution in [0.4, 0.5) is 5.95 Å². The molecule has 3 heteroatoms. The summed E-state index contributed by atoms with van der Waals surface area (Å²) in [5.74, 6) is 3.16. The molecule has 0 unspecified atom stereocenters. The number of nitrogens with zero attached hydrogens (tertiary/aromatic N) is 2. The van der Waals surface area contributed by atoms with Crippen LogP contribution >= 0.6 is 0 Å². The second-order valence-corrected chi connectivity index (χ2v) is 5.12. The van der Waals surface area contributed by atoms with Gasteiger partial charge in [-0.1, -0.05) is 37.0 Å². The highest BCUT2D eigenvalue weighted by Gasteiger charge is 2.15. The molecule has 3 nitrogen and oxygen atoms in total. The van der Waals surface area contributed by atoms with Crippen LogP contribution in [-0.4, -0.2) is 16.0 Å². The lowest BCUT2D eigenvalue weighted by atomic mass is 10.2. The van der Waals surface area contributed by atoms with Crippen molar-refractivity contribution in [2.75, 3.05) is 5.32 Å². The molecule has 20 heavy (non-hydrogen) atoms. The highest BCUT2D eigenvalue weighted by molar-refractivity contribution is 5.80. The highest BCUT2D eigenvalue weighted by atomic mass is 15.1. The van der Waals surface area contributed by atoms with Gasteiger partial charge in [-0.15, -0.1) is 6.42 Å². The van der Waals surface area contributed by atoms with E-state index in [0.29, 0.717) is 17.7 Å². The third kappa shape index (κ3) is 3.16. The van der Waals surface area contributed by atoms with E-state index < -0.39 is 0 Å². The van der Waals surface area contributed by atoms with Crippen molar-refractivity contribution in [3.8, 4) is 23.5 Å². The van der Waals surface area contributed by atoms with Crippen molar-refractivity contribution in [1.29, 1.82) is 0 Å². The maximum atomic E-state index is 5.26. The molecular formula is C17H17N3. The first-order valence-corrected chi connectivity index (χ1v) is 7.02. The summed E-state index contributed by atoms with van der Waals surface area (Å²) < 4.78 is 0. The van der Waals surface area contributed by atoms with E-state index in [2.05, 4.69) is 45.5 Å². The molecule has 0 bridgehead atoms. The summed E-state index contributed by atoms with van der Waals surface area (Å²) in [5.41, 5.74) is 3.49. The second kappa shape index (κ2) is 5.75. The van der Waals surface area contributed by atoms with E-state index in [0.717, 1.165) is 0 Å². The molecule has 0 spiro atoms. The monoisotopic (exact) mass is 263 g/mol. The number of fused-ring (bicyclic) bond motifs is 1. The van der Waals surface area contributed by atoms with Gasteiger partial charge >= 0.3 is 0 Å². The predicted molar refractivity (Wildman–Crippen MR) is 81.3 cm³/mol. The first kappa shape index (κ1) is 12.7. The van der Waals surface area contributed by atoms with E-state index in [9.17, 15) is 0 Å². The molecule has 0 aromatic carbocycles. The van der Waals surface area contributed by atoms with Crippen LogP contribution in [-0.2, 0) is 0 Å². The predicted octanol–water partition coefficient (Wildman–Crippen LogP) is 3.48. The van der Waals surface area contributed by atoms with Crippen molar-refractivity contribution in [1.82, 2.24) is 9.97 Å². The van der Waals surface area contributed by atoms with Crippen LogP contribution in [0, 0.1) is 12.3 Å². The molecule has 1 N–H and O–H groups in total.